The van der Waals surface area contributed by atoms with Crippen molar-refractivity contribution in [2.24, 2.45) is 5.92 Å². The van der Waals surface area contributed by atoms with Crippen LogP contribution < -0.4 is 0 Å². The first-order valence-electron chi connectivity index (χ1n) is 7.56. The van der Waals surface area contributed by atoms with Crippen LogP contribution in [0.4, 0.5) is 4.39 Å². The molecule has 1 N–H and O–H groups in total. The van der Waals surface area contributed by atoms with Crippen molar-refractivity contribution < 1.29 is 14.3 Å². The van der Waals surface area contributed by atoms with Gasteiger partial charge < -0.3 is 10.0 Å². The standard InChI is InChI=1S/C16H21FN2O2/c17-13-3-1-2-12(10-13)14-11-15(14)16(21)19-6-4-18(5-7-19)8-9-20/h1-3,10,14-15,20H,4-9,11H2/t14-,15+/m1/s1. The topological polar surface area (TPSA) is 43.8 Å². The van der Waals surface area contributed by atoms with E-state index in [-0.39, 0.29) is 30.2 Å². The molecule has 1 saturated carbocycles. The van der Waals surface area contributed by atoms with Gasteiger partial charge in [0.15, 0.2) is 0 Å². The van der Waals surface area contributed by atoms with Crippen LogP contribution >= 0.6 is 0 Å². The number of rotatable bonds is 4. The summed E-state index contributed by atoms with van der Waals surface area (Å²) < 4.78 is 13.2. The highest BCUT2D eigenvalue weighted by atomic mass is 19.1. The molecule has 0 aromatic heterocycles. The van der Waals surface area contributed by atoms with Crippen molar-refractivity contribution >= 4 is 5.91 Å². The summed E-state index contributed by atoms with van der Waals surface area (Å²) in [4.78, 5) is 16.5. The summed E-state index contributed by atoms with van der Waals surface area (Å²) in [6, 6.07) is 6.58. The molecule has 1 aliphatic carbocycles. The van der Waals surface area contributed by atoms with Crippen LogP contribution in [0.25, 0.3) is 0 Å². The molecule has 0 bridgehead atoms. The van der Waals surface area contributed by atoms with Gasteiger partial charge in [0, 0.05) is 38.6 Å². The molecule has 114 valence electrons. The number of halogens is 1. The van der Waals surface area contributed by atoms with E-state index < -0.39 is 0 Å². The minimum absolute atomic E-state index is 0.0243. The number of aliphatic hydroxyl groups is 1. The highest BCUT2D eigenvalue weighted by Gasteiger charge is 2.46. The largest absolute Gasteiger partial charge is 0.395 e. The van der Waals surface area contributed by atoms with Crippen LogP contribution in [0.15, 0.2) is 24.3 Å². The van der Waals surface area contributed by atoms with Crippen molar-refractivity contribution in [1.82, 2.24) is 9.80 Å². The van der Waals surface area contributed by atoms with Crippen molar-refractivity contribution in [3.8, 4) is 0 Å². The average Bonchev–Trinajstić information content (AvgIpc) is 3.28. The van der Waals surface area contributed by atoms with Crippen LogP contribution in [0, 0.1) is 11.7 Å². The van der Waals surface area contributed by atoms with Gasteiger partial charge in [-0.2, -0.15) is 0 Å². The fourth-order valence-electron chi connectivity index (χ4n) is 3.14. The first kappa shape index (κ1) is 14.5. The molecule has 21 heavy (non-hydrogen) atoms. The summed E-state index contributed by atoms with van der Waals surface area (Å²) >= 11 is 0. The zero-order chi connectivity index (χ0) is 14.8. The van der Waals surface area contributed by atoms with Gasteiger partial charge in [-0.3, -0.25) is 9.69 Å². The molecule has 2 fully saturated rings. The molecule has 1 heterocycles. The second-order valence-corrected chi connectivity index (χ2v) is 5.89. The summed E-state index contributed by atoms with van der Waals surface area (Å²) in [6.07, 6.45) is 0.832. The molecule has 0 spiro atoms. The minimum Gasteiger partial charge on any atom is -0.395 e. The van der Waals surface area contributed by atoms with E-state index in [4.69, 9.17) is 5.11 Å². The monoisotopic (exact) mass is 292 g/mol. The van der Waals surface area contributed by atoms with Crippen LogP contribution in [0.2, 0.25) is 0 Å². The first-order valence-corrected chi connectivity index (χ1v) is 7.56. The van der Waals surface area contributed by atoms with Gasteiger partial charge in [-0.1, -0.05) is 12.1 Å². The highest BCUT2D eigenvalue weighted by Crippen LogP contribution is 2.48. The predicted molar refractivity (Wildman–Crippen MR) is 77.4 cm³/mol. The van der Waals surface area contributed by atoms with E-state index in [1.807, 2.05) is 11.0 Å². The Hall–Kier alpha value is -1.46. The average molecular weight is 292 g/mol. The number of carbonyl (C=O) groups excluding carboxylic acids is 1. The Kier molecular flexibility index (Phi) is 4.22. The van der Waals surface area contributed by atoms with Crippen molar-refractivity contribution in [3.63, 3.8) is 0 Å². The second kappa shape index (κ2) is 6.12. The molecular weight excluding hydrogens is 271 g/mol. The van der Waals surface area contributed by atoms with Crippen molar-refractivity contribution in [1.29, 1.82) is 0 Å². The van der Waals surface area contributed by atoms with Gasteiger partial charge in [-0.15, -0.1) is 0 Å². The number of benzene rings is 1. The summed E-state index contributed by atoms with van der Waals surface area (Å²) in [7, 11) is 0. The van der Waals surface area contributed by atoms with Gasteiger partial charge in [-0.05, 0) is 30.0 Å². The lowest BCUT2D eigenvalue weighted by atomic mass is 10.1. The van der Waals surface area contributed by atoms with Gasteiger partial charge in [0.05, 0.1) is 6.61 Å². The molecule has 2 aliphatic rings. The summed E-state index contributed by atoms with van der Waals surface area (Å²) in [5, 5.41) is 8.92. The molecule has 4 nitrogen and oxygen atoms in total. The third-order valence-electron chi connectivity index (χ3n) is 4.48. The van der Waals surface area contributed by atoms with Crippen LogP contribution in [0.1, 0.15) is 17.9 Å². The zero-order valence-electron chi connectivity index (χ0n) is 12.0. The molecule has 0 unspecified atom stereocenters. The lowest BCUT2D eigenvalue weighted by molar-refractivity contribution is -0.134. The zero-order valence-corrected chi connectivity index (χ0v) is 12.0. The number of β-amino-alcohol motifs (C(OH)–C–C–N with tert-alkyl or cyclic N) is 1. The number of amides is 1. The Bertz CT molecular complexity index is 515. The van der Waals surface area contributed by atoms with E-state index in [2.05, 4.69) is 4.90 Å². The SMILES string of the molecule is O=C([C@H]1C[C@@H]1c1cccc(F)c1)N1CCN(CCO)CC1. The Balaban J connectivity index is 1.54. The molecule has 2 atom stereocenters. The van der Waals surface area contributed by atoms with Gasteiger partial charge in [0.1, 0.15) is 5.82 Å². The first-order chi connectivity index (χ1) is 10.2. The highest BCUT2D eigenvalue weighted by molar-refractivity contribution is 5.83. The van der Waals surface area contributed by atoms with Gasteiger partial charge in [0.2, 0.25) is 5.91 Å². The van der Waals surface area contributed by atoms with E-state index >= 15 is 0 Å². The van der Waals surface area contributed by atoms with E-state index in [9.17, 15) is 9.18 Å². The Labute approximate surface area is 124 Å². The van der Waals surface area contributed by atoms with Crippen LogP contribution in [-0.2, 0) is 4.79 Å². The Morgan fingerprint density at radius 3 is 2.71 bits per heavy atom. The normalized spacial score (nSPS) is 25.9. The third kappa shape index (κ3) is 3.24. The third-order valence-corrected chi connectivity index (χ3v) is 4.48. The fraction of sp³-hybridized carbons (Fsp3) is 0.562. The molecule has 5 heteroatoms. The van der Waals surface area contributed by atoms with Crippen LogP contribution in [0.5, 0.6) is 0 Å². The molecule has 0 radical (unpaired) electrons. The molecule has 1 aromatic rings. The van der Waals surface area contributed by atoms with E-state index in [1.165, 1.54) is 12.1 Å². The number of piperazine rings is 1. The molecule has 1 saturated heterocycles. The number of carbonyl (C=O) groups is 1. The Morgan fingerprint density at radius 1 is 1.29 bits per heavy atom. The number of aliphatic hydroxyl groups excluding tert-OH is 1. The maximum Gasteiger partial charge on any atom is 0.226 e. The molecule has 1 amide bonds. The summed E-state index contributed by atoms with van der Waals surface area (Å²) in [6.45, 7) is 3.94. The summed E-state index contributed by atoms with van der Waals surface area (Å²) in [5.74, 6) is 0.177. The molecule has 1 aliphatic heterocycles. The predicted octanol–water partition coefficient (Wildman–Crippen LogP) is 1.07. The smallest absolute Gasteiger partial charge is 0.226 e. The van der Waals surface area contributed by atoms with Crippen LogP contribution in [-0.4, -0.2) is 60.1 Å². The summed E-state index contributed by atoms with van der Waals surface area (Å²) in [5.41, 5.74) is 0.937. The quantitative estimate of drug-likeness (QED) is 0.902. The van der Waals surface area contributed by atoms with E-state index in [1.54, 1.807) is 6.07 Å². The van der Waals surface area contributed by atoms with Gasteiger partial charge >= 0.3 is 0 Å². The Morgan fingerprint density at radius 2 is 2.05 bits per heavy atom. The van der Waals surface area contributed by atoms with Crippen molar-refractivity contribution in [3.05, 3.63) is 35.6 Å². The lowest BCUT2D eigenvalue weighted by Crippen LogP contribution is -2.49. The van der Waals surface area contributed by atoms with Crippen molar-refractivity contribution in [2.75, 3.05) is 39.3 Å². The molecule has 3 rings (SSSR count). The molecular formula is C16H21FN2O2. The fourth-order valence-corrected chi connectivity index (χ4v) is 3.14. The maximum atomic E-state index is 13.2. The lowest BCUT2D eigenvalue weighted by Gasteiger charge is -2.34. The second-order valence-electron chi connectivity index (χ2n) is 5.89. The number of nitrogens with zero attached hydrogens (tertiary/aromatic N) is 2. The number of hydrogen-bond donors (Lipinski definition) is 1. The van der Waals surface area contributed by atoms with Crippen LogP contribution in [0.3, 0.4) is 0 Å². The van der Waals surface area contributed by atoms with Crippen molar-refractivity contribution in [2.45, 2.75) is 12.3 Å². The minimum atomic E-state index is -0.233. The van der Waals surface area contributed by atoms with Gasteiger partial charge in [0.25, 0.3) is 0 Å². The van der Waals surface area contributed by atoms with E-state index in [0.717, 1.165) is 38.2 Å². The maximum absolute atomic E-state index is 13.2. The molecule has 1 aromatic carbocycles. The van der Waals surface area contributed by atoms with E-state index in [0.29, 0.717) is 6.54 Å². The number of hydrogen-bond acceptors (Lipinski definition) is 3. The van der Waals surface area contributed by atoms with Gasteiger partial charge in [-0.25, -0.2) is 4.39 Å².